The molecule has 27 heavy (non-hydrogen) atoms. The van der Waals surface area contributed by atoms with Crippen molar-refractivity contribution >= 4 is 28.8 Å². The normalized spacial score (nSPS) is 11.9. The summed E-state index contributed by atoms with van der Waals surface area (Å²) in [6, 6.07) is 16.8. The zero-order valence-corrected chi connectivity index (χ0v) is 15.4. The summed E-state index contributed by atoms with van der Waals surface area (Å²) in [5, 5.41) is 5.62. The molecule has 0 saturated heterocycles. The van der Waals surface area contributed by atoms with Gasteiger partial charge in [-0.2, -0.15) is 0 Å². The number of imidazole rings is 1. The Balaban J connectivity index is 1.58. The first kappa shape index (κ1) is 18.6. The van der Waals surface area contributed by atoms with Crippen LogP contribution in [0.1, 0.15) is 31.7 Å². The van der Waals surface area contributed by atoms with Crippen LogP contribution in [0.15, 0.2) is 54.6 Å². The van der Waals surface area contributed by atoms with Crippen molar-refractivity contribution in [2.45, 2.75) is 38.6 Å². The highest BCUT2D eigenvalue weighted by Gasteiger charge is 2.21. The number of fused-ring (bicyclic) bond motifs is 1. The van der Waals surface area contributed by atoms with Gasteiger partial charge in [-0.15, -0.1) is 0 Å². The molecule has 6 nitrogen and oxygen atoms in total. The van der Waals surface area contributed by atoms with Crippen LogP contribution in [0.2, 0.25) is 0 Å². The Kier molecular flexibility index (Phi) is 6.20. The first-order valence-electron chi connectivity index (χ1n) is 9.24. The van der Waals surface area contributed by atoms with Crippen molar-refractivity contribution in [3.63, 3.8) is 0 Å². The average Bonchev–Trinajstić information content (AvgIpc) is 3.09. The number of rotatable bonds is 8. The molecule has 6 heteroatoms. The first-order chi connectivity index (χ1) is 13.2. The summed E-state index contributed by atoms with van der Waals surface area (Å²) in [5.74, 6) is 0.00173. The topological polar surface area (TPSA) is 86.9 Å². The fourth-order valence-electron chi connectivity index (χ4n) is 2.94. The van der Waals surface area contributed by atoms with Crippen molar-refractivity contribution in [2.75, 3.05) is 5.32 Å². The van der Waals surface area contributed by atoms with Gasteiger partial charge in [0.2, 0.25) is 17.8 Å². The van der Waals surface area contributed by atoms with Crippen molar-refractivity contribution in [3.8, 4) is 0 Å². The molecule has 0 radical (unpaired) electrons. The number of anilines is 1. The predicted molar refractivity (Wildman–Crippen MR) is 106 cm³/mol. The number of nitrogens with one attached hydrogen (secondary N) is 3. The summed E-state index contributed by atoms with van der Waals surface area (Å²) in [5.41, 5.74) is 2.74. The number of aryl methyl sites for hydroxylation is 1. The van der Waals surface area contributed by atoms with E-state index in [0.717, 1.165) is 23.0 Å². The number of benzene rings is 2. The van der Waals surface area contributed by atoms with E-state index in [1.807, 2.05) is 61.5 Å². The maximum Gasteiger partial charge on any atom is 0.249 e. The zero-order valence-electron chi connectivity index (χ0n) is 15.4. The van der Waals surface area contributed by atoms with Crippen LogP contribution in [-0.4, -0.2) is 27.8 Å². The summed E-state index contributed by atoms with van der Waals surface area (Å²) in [4.78, 5) is 32.3. The van der Waals surface area contributed by atoms with Gasteiger partial charge in [0.05, 0.1) is 11.0 Å². The van der Waals surface area contributed by atoms with Crippen LogP contribution in [-0.2, 0) is 16.0 Å². The Morgan fingerprint density at radius 2 is 1.81 bits per heavy atom. The maximum atomic E-state index is 12.6. The van der Waals surface area contributed by atoms with E-state index in [2.05, 4.69) is 20.6 Å². The minimum absolute atomic E-state index is 0.128. The molecule has 0 aliphatic heterocycles. The molecule has 1 heterocycles. The minimum atomic E-state index is -0.577. The van der Waals surface area contributed by atoms with E-state index in [1.165, 1.54) is 0 Å². The third-order valence-corrected chi connectivity index (χ3v) is 4.34. The SMILES string of the molecule is CCC[C@@H](NC(=O)CCc1ccccc1)C(=O)Nc1nc2ccccc2[nH]1. The lowest BCUT2D eigenvalue weighted by molar-refractivity contribution is -0.126. The summed E-state index contributed by atoms with van der Waals surface area (Å²) >= 11 is 0. The number of amides is 2. The molecule has 0 unspecified atom stereocenters. The number of hydrogen-bond acceptors (Lipinski definition) is 3. The highest BCUT2D eigenvalue weighted by Crippen LogP contribution is 2.14. The summed E-state index contributed by atoms with van der Waals surface area (Å²) in [7, 11) is 0. The van der Waals surface area contributed by atoms with E-state index in [-0.39, 0.29) is 11.8 Å². The van der Waals surface area contributed by atoms with Crippen molar-refractivity contribution in [1.82, 2.24) is 15.3 Å². The molecule has 0 bridgehead atoms. The quantitative estimate of drug-likeness (QED) is 0.572. The van der Waals surface area contributed by atoms with Gasteiger partial charge in [-0.25, -0.2) is 4.98 Å². The third kappa shape index (κ3) is 5.17. The molecule has 140 valence electrons. The van der Waals surface area contributed by atoms with Gasteiger partial charge in [-0.1, -0.05) is 55.8 Å². The van der Waals surface area contributed by atoms with Crippen LogP contribution >= 0.6 is 0 Å². The van der Waals surface area contributed by atoms with Crippen LogP contribution in [0.5, 0.6) is 0 Å². The molecule has 2 aromatic carbocycles. The molecule has 0 spiro atoms. The Bertz CT molecular complexity index is 872. The smallest absolute Gasteiger partial charge is 0.249 e. The summed E-state index contributed by atoms with van der Waals surface area (Å²) < 4.78 is 0. The highest BCUT2D eigenvalue weighted by molar-refractivity contribution is 5.97. The second-order valence-electron chi connectivity index (χ2n) is 6.49. The van der Waals surface area contributed by atoms with E-state index in [4.69, 9.17) is 0 Å². The molecular weight excluding hydrogens is 340 g/mol. The Morgan fingerprint density at radius 1 is 1.07 bits per heavy atom. The number of carbonyl (C=O) groups is 2. The molecule has 3 N–H and O–H groups in total. The average molecular weight is 364 g/mol. The van der Waals surface area contributed by atoms with Crippen molar-refractivity contribution in [1.29, 1.82) is 0 Å². The number of para-hydroxylation sites is 2. The fraction of sp³-hybridized carbons (Fsp3) is 0.286. The number of hydrogen-bond donors (Lipinski definition) is 3. The highest BCUT2D eigenvalue weighted by atomic mass is 16.2. The van der Waals surface area contributed by atoms with Crippen LogP contribution in [0.4, 0.5) is 5.95 Å². The summed E-state index contributed by atoms with van der Waals surface area (Å²) in [6.45, 7) is 1.98. The van der Waals surface area contributed by atoms with Crippen molar-refractivity contribution < 1.29 is 9.59 Å². The Hall–Kier alpha value is -3.15. The van der Waals surface area contributed by atoms with Gasteiger partial charge in [0.25, 0.3) is 0 Å². The first-order valence-corrected chi connectivity index (χ1v) is 9.24. The van der Waals surface area contributed by atoms with Gasteiger partial charge >= 0.3 is 0 Å². The molecule has 0 aliphatic rings. The molecular formula is C21H24N4O2. The lowest BCUT2D eigenvalue weighted by Gasteiger charge is -2.17. The Morgan fingerprint density at radius 3 is 2.56 bits per heavy atom. The summed E-state index contributed by atoms with van der Waals surface area (Å²) in [6.07, 6.45) is 2.36. The second kappa shape index (κ2) is 8.98. The van der Waals surface area contributed by atoms with Gasteiger partial charge in [0.15, 0.2) is 0 Å². The van der Waals surface area contributed by atoms with Crippen LogP contribution < -0.4 is 10.6 Å². The standard InChI is InChI=1S/C21H24N4O2/c1-2-8-18(22-19(26)14-13-15-9-4-3-5-10-15)20(27)25-21-23-16-11-6-7-12-17(16)24-21/h3-7,9-12,18H,2,8,13-14H2,1H3,(H,22,26)(H2,23,24,25,27)/t18-/m1/s1. The van der Waals surface area contributed by atoms with Gasteiger partial charge < -0.3 is 10.3 Å². The van der Waals surface area contributed by atoms with Crippen LogP contribution in [0, 0.1) is 0 Å². The van der Waals surface area contributed by atoms with Gasteiger partial charge in [0, 0.05) is 6.42 Å². The minimum Gasteiger partial charge on any atom is -0.344 e. The Labute approximate surface area is 158 Å². The predicted octanol–water partition coefficient (Wildman–Crippen LogP) is 3.42. The number of aromatic amines is 1. The molecule has 0 aliphatic carbocycles. The third-order valence-electron chi connectivity index (χ3n) is 4.34. The second-order valence-corrected chi connectivity index (χ2v) is 6.49. The lowest BCUT2D eigenvalue weighted by atomic mass is 10.1. The van der Waals surface area contributed by atoms with E-state index < -0.39 is 6.04 Å². The molecule has 0 saturated carbocycles. The molecule has 1 aromatic heterocycles. The van der Waals surface area contributed by atoms with Gasteiger partial charge in [-0.05, 0) is 30.5 Å². The largest absolute Gasteiger partial charge is 0.344 e. The van der Waals surface area contributed by atoms with Gasteiger partial charge in [0.1, 0.15) is 6.04 Å². The number of carbonyl (C=O) groups excluding carboxylic acids is 2. The monoisotopic (exact) mass is 364 g/mol. The molecule has 3 rings (SSSR count). The van der Waals surface area contributed by atoms with Crippen molar-refractivity contribution in [2.24, 2.45) is 0 Å². The number of H-pyrrole nitrogens is 1. The van der Waals surface area contributed by atoms with Crippen LogP contribution in [0.3, 0.4) is 0 Å². The fourth-order valence-corrected chi connectivity index (χ4v) is 2.94. The molecule has 3 aromatic rings. The van der Waals surface area contributed by atoms with E-state index in [1.54, 1.807) is 0 Å². The lowest BCUT2D eigenvalue weighted by Crippen LogP contribution is -2.44. The van der Waals surface area contributed by atoms with Gasteiger partial charge in [-0.3, -0.25) is 14.9 Å². The van der Waals surface area contributed by atoms with Crippen LogP contribution in [0.25, 0.3) is 11.0 Å². The number of aromatic nitrogens is 2. The van der Waals surface area contributed by atoms with E-state index in [0.29, 0.717) is 25.2 Å². The van der Waals surface area contributed by atoms with Crippen molar-refractivity contribution in [3.05, 3.63) is 60.2 Å². The molecule has 0 fully saturated rings. The molecule has 1 atom stereocenters. The van der Waals surface area contributed by atoms with E-state index >= 15 is 0 Å². The number of nitrogens with zero attached hydrogens (tertiary/aromatic N) is 1. The van der Waals surface area contributed by atoms with E-state index in [9.17, 15) is 9.59 Å². The maximum absolute atomic E-state index is 12.6. The zero-order chi connectivity index (χ0) is 19.1. The molecule has 2 amide bonds.